The summed E-state index contributed by atoms with van der Waals surface area (Å²) in [6.45, 7) is 1.50. The van der Waals surface area contributed by atoms with Crippen molar-refractivity contribution in [3.05, 3.63) is 138 Å². The number of nitrogens with zero attached hydrogens (tertiary/aromatic N) is 3. The first-order valence-corrected chi connectivity index (χ1v) is 22.3. The van der Waals surface area contributed by atoms with Crippen molar-refractivity contribution in [2.75, 3.05) is 111 Å². The minimum absolute atomic E-state index is 0.0544. The molecule has 0 aliphatic carbocycles. The second kappa shape index (κ2) is 27.0. The molecule has 0 heterocycles. The quantitative estimate of drug-likeness (QED) is 0.0496. The Morgan fingerprint density at radius 2 is 0.866 bits per heavy atom. The smallest absolute Gasteiger partial charge is 0.407 e. The lowest BCUT2D eigenvalue weighted by Crippen LogP contribution is -2.29. The zero-order chi connectivity index (χ0) is 48.0. The molecule has 15 nitrogen and oxygen atoms in total. The van der Waals surface area contributed by atoms with Gasteiger partial charge in [0.2, 0.25) is 0 Å². The summed E-state index contributed by atoms with van der Waals surface area (Å²) in [5, 5.41) is 5.60. The van der Waals surface area contributed by atoms with Crippen molar-refractivity contribution >= 4 is 29.2 Å². The molecule has 0 radical (unpaired) electrons. The van der Waals surface area contributed by atoms with Gasteiger partial charge in [-0.15, -0.1) is 0 Å². The van der Waals surface area contributed by atoms with Crippen LogP contribution in [0.3, 0.4) is 0 Å². The molecule has 5 rings (SSSR count). The van der Waals surface area contributed by atoms with Gasteiger partial charge < -0.3 is 63.2 Å². The van der Waals surface area contributed by atoms with Gasteiger partial charge in [0, 0.05) is 103 Å². The molecular weight excluding hydrogens is 855 g/mol. The van der Waals surface area contributed by atoms with E-state index < -0.39 is 24.4 Å². The highest BCUT2D eigenvalue weighted by molar-refractivity contribution is 5.67. The molecule has 0 bridgehead atoms. The number of carbonyl (C=O) groups is 2. The van der Waals surface area contributed by atoms with E-state index in [9.17, 15) is 9.59 Å². The molecule has 2 unspecified atom stereocenters. The van der Waals surface area contributed by atoms with Crippen LogP contribution >= 0.6 is 0 Å². The van der Waals surface area contributed by atoms with Crippen molar-refractivity contribution in [3.63, 3.8) is 0 Å². The Morgan fingerprint density at radius 1 is 0.463 bits per heavy atom. The van der Waals surface area contributed by atoms with Gasteiger partial charge in [-0.3, -0.25) is 0 Å². The number of alkyl carbamates (subject to hydrolysis) is 2. The summed E-state index contributed by atoms with van der Waals surface area (Å²) in [6, 6.07) is 37.1. The molecule has 67 heavy (non-hydrogen) atoms. The second-order valence-corrected chi connectivity index (χ2v) is 16.4. The van der Waals surface area contributed by atoms with Gasteiger partial charge >= 0.3 is 12.2 Å². The Hall–Kier alpha value is -6.84. The number of carbonyl (C=O) groups excluding carboxylic acids is 2. The van der Waals surface area contributed by atoms with Crippen LogP contribution in [-0.4, -0.2) is 121 Å². The van der Waals surface area contributed by atoms with Crippen molar-refractivity contribution in [1.29, 1.82) is 0 Å². The van der Waals surface area contributed by atoms with Crippen molar-refractivity contribution in [2.45, 2.75) is 38.1 Å². The molecule has 0 aliphatic rings. The van der Waals surface area contributed by atoms with E-state index in [2.05, 4.69) is 10.6 Å². The minimum atomic E-state index is -0.528. The molecule has 5 aromatic carbocycles. The van der Waals surface area contributed by atoms with Crippen molar-refractivity contribution in [3.8, 4) is 23.0 Å². The van der Waals surface area contributed by atoms with Crippen LogP contribution in [0, 0.1) is 0 Å². The van der Waals surface area contributed by atoms with Crippen molar-refractivity contribution in [1.82, 2.24) is 10.6 Å². The molecule has 0 saturated heterocycles. The van der Waals surface area contributed by atoms with Gasteiger partial charge in [-0.1, -0.05) is 48.5 Å². The fraction of sp³-hybridized carbons (Fsp3) is 0.385. The lowest BCUT2D eigenvalue weighted by Gasteiger charge is -2.22. The first-order chi connectivity index (χ1) is 32.4. The molecule has 0 aromatic heterocycles. The maximum Gasteiger partial charge on any atom is 0.407 e. The number of hydrogen-bond donors (Lipinski definition) is 2. The Bertz CT molecular complexity index is 2100. The second-order valence-electron chi connectivity index (χ2n) is 16.4. The van der Waals surface area contributed by atoms with Gasteiger partial charge in [0.05, 0.1) is 39.6 Å². The normalized spacial score (nSPS) is 11.7. The van der Waals surface area contributed by atoms with E-state index in [4.69, 9.17) is 37.9 Å². The number of rotatable bonds is 27. The molecular formula is C52H67N5O10. The zero-order valence-corrected chi connectivity index (χ0v) is 40.1. The predicted molar refractivity (Wildman–Crippen MR) is 263 cm³/mol. The third-order valence-electron chi connectivity index (χ3n) is 10.6. The number of hydrogen-bond acceptors (Lipinski definition) is 13. The number of nitrogens with one attached hydrogen (secondary N) is 2. The van der Waals surface area contributed by atoms with Crippen LogP contribution in [0.4, 0.5) is 26.7 Å². The highest BCUT2D eigenvalue weighted by Gasteiger charge is 2.17. The molecule has 2 amide bonds. The Morgan fingerprint density at radius 3 is 1.24 bits per heavy atom. The van der Waals surface area contributed by atoms with E-state index in [0.717, 1.165) is 50.8 Å². The van der Waals surface area contributed by atoms with E-state index >= 15 is 0 Å². The Balaban J connectivity index is 1.18. The van der Waals surface area contributed by atoms with Gasteiger partial charge in [0.25, 0.3) is 0 Å². The summed E-state index contributed by atoms with van der Waals surface area (Å²) in [5.41, 5.74) is 6.94. The largest absolute Gasteiger partial charge is 0.497 e. The fourth-order valence-corrected chi connectivity index (χ4v) is 6.79. The topological polar surface area (TPSA) is 142 Å². The van der Waals surface area contributed by atoms with Crippen LogP contribution < -0.4 is 44.3 Å². The number of benzene rings is 5. The molecule has 360 valence electrons. The molecule has 5 aromatic rings. The van der Waals surface area contributed by atoms with Crippen molar-refractivity contribution in [2.24, 2.45) is 0 Å². The first-order valence-electron chi connectivity index (χ1n) is 22.3. The maximum absolute atomic E-state index is 12.5. The van der Waals surface area contributed by atoms with E-state index in [1.165, 1.54) is 0 Å². The maximum atomic E-state index is 12.5. The van der Waals surface area contributed by atoms with Crippen LogP contribution in [0.1, 0.15) is 22.3 Å². The molecule has 15 heteroatoms. The molecule has 0 spiro atoms. The van der Waals surface area contributed by atoms with Crippen LogP contribution in [0.25, 0.3) is 0 Å². The third kappa shape index (κ3) is 18.2. The van der Waals surface area contributed by atoms with Crippen molar-refractivity contribution < 1.29 is 47.5 Å². The van der Waals surface area contributed by atoms with Crippen LogP contribution in [0.15, 0.2) is 115 Å². The summed E-state index contributed by atoms with van der Waals surface area (Å²) in [7, 11) is 15.1. The predicted octanol–water partition coefficient (Wildman–Crippen LogP) is 7.77. The Labute approximate surface area is 395 Å². The monoisotopic (exact) mass is 921 g/mol. The lowest BCUT2D eigenvalue weighted by atomic mass is 10.1. The summed E-state index contributed by atoms with van der Waals surface area (Å²) in [6.07, 6.45) is -0.828. The molecule has 0 saturated carbocycles. The zero-order valence-electron chi connectivity index (χ0n) is 40.1. The summed E-state index contributed by atoms with van der Waals surface area (Å²) in [4.78, 5) is 31.1. The van der Waals surface area contributed by atoms with E-state index in [1.807, 2.05) is 172 Å². The summed E-state index contributed by atoms with van der Waals surface area (Å²) < 4.78 is 47.2. The number of methoxy groups -OCH3 is 2. The first kappa shape index (κ1) is 51.1. The summed E-state index contributed by atoms with van der Waals surface area (Å²) in [5.74, 6) is 2.62. The van der Waals surface area contributed by atoms with Gasteiger partial charge in [0.15, 0.2) is 0 Å². The van der Waals surface area contributed by atoms with E-state index in [1.54, 1.807) is 14.2 Å². The summed E-state index contributed by atoms with van der Waals surface area (Å²) >= 11 is 0. The van der Waals surface area contributed by atoms with E-state index in [0.29, 0.717) is 37.4 Å². The van der Waals surface area contributed by atoms with Crippen LogP contribution in [0.5, 0.6) is 23.0 Å². The van der Waals surface area contributed by atoms with Gasteiger partial charge in [-0.05, 0) is 70.8 Å². The van der Waals surface area contributed by atoms with Crippen LogP contribution in [0.2, 0.25) is 0 Å². The van der Waals surface area contributed by atoms with Gasteiger partial charge in [-0.25, -0.2) is 9.59 Å². The number of amides is 2. The molecule has 2 N–H and O–H groups in total. The molecule has 0 fully saturated rings. The average Bonchev–Trinajstić information content (AvgIpc) is 3.33. The minimum Gasteiger partial charge on any atom is -0.497 e. The highest BCUT2D eigenvalue weighted by atomic mass is 16.6. The highest BCUT2D eigenvalue weighted by Crippen LogP contribution is 2.29. The third-order valence-corrected chi connectivity index (χ3v) is 10.6. The van der Waals surface area contributed by atoms with Gasteiger partial charge in [0.1, 0.15) is 49.4 Å². The fourth-order valence-electron chi connectivity index (χ4n) is 6.79. The van der Waals surface area contributed by atoms with Gasteiger partial charge in [-0.2, -0.15) is 0 Å². The Kier molecular flexibility index (Phi) is 20.6. The number of ether oxygens (including phenoxy) is 8. The number of anilines is 3. The molecule has 2 atom stereocenters. The van der Waals surface area contributed by atoms with Crippen LogP contribution in [-0.2, 0) is 44.9 Å². The lowest BCUT2D eigenvalue weighted by molar-refractivity contribution is -0.00221. The van der Waals surface area contributed by atoms with E-state index in [-0.39, 0.29) is 39.6 Å². The standard InChI is InChI=1S/C52H67N5O10/c1-55(2)42-19-15-38(16-20-42)34-53-51(58)64-25-23-62-49(29-40-11-9-13-45(27-40)60-7)36-66-47-31-44(57(5)6)32-48(33-47)67-37-50(30-41-12-10-14-46(28-41)61-8)63-24-26-65-52(59)54-35-39-17-21-43(22-18-39)56(3)4/h9-22,27-28,31-33,49-50H,23-26,29-30,34-37H2,1-8H3,(H,53,58)(H,54,59). The molecule has 0 aliphatic heterocycles. The SMILES string of the molecule is COc1cccc(CC(COc2cc(OCC(Cc3cccc(OC)c3)OCCOC(=O)NCc3ccc(N(C)C)cc3)cc(N(C)C)c2)OCCOC(=O)NCc2ccc(N(C)C)cc2)c1. The average molecular weight is 922 g/mol.